The van der Waals surface area contributed by atoms with Gasteiger partial charge in [0.05, 0.1) is 47.8 Å². The fraction of sp³-hybridized carbons (Fsp3) is 0.800. The molecule has 82 heavy (non-hydrogen) atoms. The molecule has 17 nitrogen and oxygen atoms in total. The minimum atomic E-state index is -2.51. The quantitative estimate of drug-likeness (QED) is 0.0604. The molecule has 2 saturated heterocycles. The number of hydrogen-bond donors (Lipinski definition) is 4. The van der Waals surface area contributed by atoms with Crippen molar-refractivity contribution in [1.29, 1.82) is 0 Å². The van der Waals surface area contributed by atoms with E-state index in [1.807, 2.05) is 99.6 Å². The van der Waals surface area contributed by atoms with Crippen molar-refractivity contribution >= 4 is 29.2 Å². The number of cyclic esters (lactones) is 1. The number of aliphatic hydroxyl groups is 4. The van der Waals surface area contributed by atoms with Gasteiger partial charge in [0.1, 0.15) is 30.1 Å². The Morgan fingerprint density at radius 1 is 0.768 bits per heavy atom. The van der Waals surface area contributed by atoms with Crippen molar-refractivity contribution in [3.63, 3.8) is 0 Å². The van der Waals surface area contributed by atoms with Crippen LogP contribution in [0.2, 0.25) is 0 Å². The summed E-state index contributed by atoms with van der Waals surface area (Å²) in [6, 6.07) is -1.19. The minimum absolute atomic E-state index is 0.0240. The highest BCUT2D eigenvalue weighted by molar-refractivity contribution is 6.39. The highest BCUT2D eigenvalue weighted by Gasteiger charge is 2.53. The van der Waals surface area contributed by atoms with E-state index in [0.717, 1.165) is 12.0 Å². The summed E-state index contributed by atoms with van der Waals surface area (Å²) < 4.78 is 43.9. The smallest absolute Gasteiger partial charge is 0.329 e. The number of fused-ring (bicyclic) bond motifs is 3. The van der Waals surface area contributed by atoms with Crippen molar-refractivity contribution in [3.05, 3.63) is 47.6 Å². The molecule has 17 heteroatoms. The number of amides is 1. The summed E-state index contributed by atoms with van der Waals surface area (Å²) in [5.41, 5.74) is -0.547. The number of aliphatic hydroxyl groups excluding tert-OH is 3. The fourth-order valence-electron chi connectivity index (χ4n) is 12.2. The fourth-order valence-corrected chi connectivity index (χ4v) is 12.2. The first-order valence-electron chi connectivity index (χ1n) is 30.6. The van der Waals surface area contributed by atoms with Gasteiger partial charge in [0.15, 0.2) is 5.78 Å². The Bertz CT molecular complexity index is 2200. The Kier molecular flexibility index (Phi) is 28.0. The zero-order valence-electron chi connectivity index (χ0n) is 52.6. The zero-order valence-corrected chi connectivity index (χ0v) is 52.6. The molecular weight excluding hydrogens is 1050 g/mol. The molecule has 4 aliphatic rings. The lowest BCUT2D eigenvalue weighted by atomic mass is 9.78. The molecule has 0 aromatic heterocycles. The maximum absolute atomic E-state index is 14.8. The van der Waals surface area contributed by atoms with Crippen LogP contribution in [0.5, 0.6) is 0 Å². The molecule has 1 saturated carbocycles. The minimum Gasteiger partial charge on any atom is -0.460 e. The van der Waals surface area contributed by atoms with E-state index >= 15 is 0 Å². The predicted molar refractivity (Wildman–Crippen MR) is 314 cm³/mol. The van der Waals surface area contributed by atoms with Crippen LogP contribution in [-0.4, -0.2) is 166 Å². The van der Waals surface area contributed by atoms with Crippen molar-refractivity contribution in [2.75, 3.05) is 40.6 Å². The van der Waals surface area contributed by atoms with Crippen LogP contribution in [0.3, 0.4) is 0 Å². The molecule has 1 unspecified atom stereocenters. The van der Waals surface area contributed by atoms with E-state index < -0.39 is 94.6 Å². The Hall–Kier alpha value is -3.49. The summed E-state index contributed by atoms with van der Waals surface area (Å²) in [5.74, 6) is -8.34. The maximum atomic E-state index is 14.8. The van der Waals surface area contributed by atoms with Crippen LogP contribution in [0, 0.1) is 35.5 Å². The van der Waals surface area contributed by atoms with E-state index in [0.29, 0.717) is 82.8 Å². The summed E-state index contributed by atoms with van der Waals surface area (Å²) in [6.07, 6.45) is 12.7. The number of carbonyl (C=O) groups excluding carboxylic acids is 5. The van der Waals surface area contributed by atoms with Crippen molar-refractivity contribution < 1.29 is 77.6 Å². The van der Waals surface area contributed by atoms with Crippen LogP contribution < -0.4 is 0 Å². The molecule has 0 aromatic rings. The van der Waals surface area contributed by atoms with Crippen LogP contribution in [0.4, 0.5) is 0 Å². The lowest BCUT2D eigenvalue weighted by Crippen LogP contribution is -2.61. The number of esters is 1. The summed E-state index contributed by atoms with van der Waals surface area (Å²) >= 11 is 0. The largest absolute Gasteiger partial charge is 0.460 e. The highest BCUT2D eigenvalue weighted by Crippen LogP contribution is 2.40. The van der Waals surface area contributed by atoms with Crippen LogP contribution >= 0.6 is 0 Å². The third-order valence-electron chi connectivity index (χ3n) is 17.7. The van der Waals surface area contributed by atoms with Crippen molar-refractivity contribution in [2.24, 2.45) is 35.5 Å². The molecule has 4 rings (SSSR count). The molecule has 468 valence electrons. The molecule has 4 N–H and O–H groups in total. The molecule has 3 fully saturated rings. The third-order valence-corrected chi connectivity index (χ3v) is 17.7. The summed E-state index contributed by atoms with van der Waals surface area (Å²) in [6.45, 7) is 24.9. The van der Waals surface area contributed by atoms with Crippen LogP contribution in [0.25, 0.3) is 0 Å². The lowest BCUT2D eigenvalue weighted by molar-refractivity contribution is -0.267. The zero-order chi connectivity index (χ0) is 61.3. The first-order valence-corrected chi connectivity index (χ1v) is 30.6. The third kappa shape index (κ3) is 20.9. The van der Waals surface area contributed by atoms with Crippen molar-refractivity contribution in [1.82, 2.24) is 4.90 Å². The van der Waals surface area contributed by atoms with Gasteiger partial charge in [-0.25, -0.2) is 4.79 Å². The average Bonchev–Trinajstić information content (AvgIpc) is 3.56. The number of allylic oxidation sites excluding steroid dienone is 6. The van der Waals surface area contributed by atoms with Gasteiger partial charge in [-0.1, -0.05) is 71.1 Å². The van der Waals surface area contributed by atoms with E-state index in [-0.39, 0.29) is 80.5 Å². The number of piperidine rings is 1. The Morgan fingerprint density at radius 2 is 1.44 bits per heavy atom. The molecule has 15 atom stereocenters. The Balaban J connectivity index is 1.70. The normalized spacial score (nSPS) is 35.2. The molecular formula is C65H107NO16. The summed E-state index contributed by atoms with van der Waals surface area (Å²) in [7, 11) is 3.05. The number of hydrogen-bond acceptors (Lipinski definition) is 16. The second-order valence-corrected chi connectivity index (χ2v) is 26.4. The SMILES string of the molecule is CO[C@@H]1C[C@H](C[C@@H](C)[C@@H]2CC(=O)[C@H](C)/C=C(\C)[C@@H](O)[C@@H](OC)C(=O)[C@H](C)C[C@H](C)/C=C/C=C/C=C(\C)C(OC(C)(C)CCO)C[C@@H]3CC[C@@H](C)[C@@](O)(O3)C(=O)C(=O)N3CCCC[C@H]3C(=O)O2)CC[C@H]1OC(C)(C)CCOC(C)(C)CCO. The number of carbonyl (C=O) groups is 5. The van der Waals surface area contributed by atoms with Crippen LogP contribution in [0.1, 0.15) is 186 Å². The van der Waals surface area contributed by atoms with Gasteiger partial charge >= 0.3 is 5.97 Å². The van der Waals surface area contributed by atoms with Gasteiger partial charge in [-0.3, -0.25) is 19.2 Å². The van der Waals surface area contributed by atoms with E-state index in [1.165, 1.54) is 12.0 Å². The molecule has 3 aliphatic heterocycles. The van der Waals surface area contributed by atoms with Gasteiger partial charge in [-0.05, 0) is 168 Å². The molecule has 3 heterocycles. The first-order chi connectivity index (χ1) is 38.4. The number of nitrogens with zero attached hydrogens (tertiary/aromatic N) is 1. The van der Waals surface area contributed by atoms with Gasteiger partial charge in [0.25, 0.3) is 11.7 Å². The van der Waals surface area contributed by atoms with Gasteiger partial charge in [0.2, 0.25) is 5.79 Å². The van der Waals surface area contributed by atoms with Crippen LogP contribution in [-0.2, 0) is 57.1 Å². The highest BCUT2D eigenvalue weighted by atomic mass is 16.6. The number of ether oxygens (including phenoxy) is 7. The standard InChI is InChI=1S/C65H107NO16/c1-41-21-17-16-18-22-42(2)54(82-63(10,11)29-33-68)39-49-26-24-47(7)65(75,80-49)59(72)60(73)66-31-20-19-23-50(66)61(74)79-53(40-51(69)43(3)36-46(6)57(71)58(77-15)56(70)45(5)35-41)44(4)37-48-25-27-52(55(38-48)76-14)81-64(12,13)30-34-78-62(8,9)28-32-67/h16-18,21-22,36,41,43-45,47-50,52-55,57-58,67-68,71,75H,19-20,23-35,37-40H2,1-15H3/b18-16+,21-17+,42-22+,46-36+/t41-,43-,44-,45-,47-,48+,49+,50+,52-,53+,54?,55-,57-,58+,65-/m1/s1. The van der Waals surface area contributed by atoms with Gasteiger partial charge in [-0.15, -0.1) is 0 Å². The van der Waals surface area contributed by atoms with Crippen molar-refractivity contribution in [2.45, 2.75) is 258 Å². The second kappa shape index (κ2) is 32.3. The number of rotatable bonds is 17. The van der Waals surface area contributed by atoms with E-state index in [2.05, 4.69) is 0 Å². The molecule has 0 aromatic carbocycles. The Labute approximate surface area is 491 Å². The monoisotopic (exact) mass is 1160 g/mol. The van der Waals surface area contributed by atoms with Crippen LogP contribution in [0.15, 0.2) is 47.6 Å². The molecule has 2 bridgehead atoms. The summed E-state index contributed by atoms with van der Waals surface area (Å²) in [5, 5.41) is 43.3. The van der Waals surface area contributed by atoms with Gasteiger partial charge in [-0.2, -0.15) is 0 Å². The lowest BCUT2D eigenvalue weighted by Gasteiger charge is -2.43. The van der Waals surface area contributed by atoms with E-state index in [9.17, 15) is 44.4 Å². The number of ketones is 3. The number of methoxy groups -OCH3 is 2. The molecule has 0 spiro atoms. The average molecular weight is 1160 g/mol. The van der Waals surface area contributed by atoms with Crippen molar-refractivity contribution in [3.8, 4) is 0 Å². The van der Waals surface area contributed by atoms with E-state index in [4.69, 9.17) is 33.2 Å². The molecule has 0 radical (unpaired) electrons. The number of Topliss-reactive ketones (excluding diaryl/α,β-unsaturated/α-hetero) is 3. The maximum Gasteiger partial charge on any atom is 0.329 e. The van der Waals surface area contributed by atoms with Gasteiger partial charge < -0.3 is 58.5 Å². The Morgan fingerprint density at radius 3 is 2.10 bits per heavy atom. The van der Waals surface area contributed by atoms with E-state index in [1.54, 1.807) is 34.0 Å². The molecule has 1 amide bonds. The summed E-state index contributed by atoms with van der Waals surface area (Å²) in [4.78, 5) is 73.6. The van der Waals surface area contributed by atoms with Gasteiger partial charge in [0, 0.05) is 64.6 Å². The topological polar surface area (TPSA) is 234 Å². The predicted octanol–water partition coefficient (Wildman–Crippen LogP) is 9.08. The second-order valence-electron chi connectivity index (χ2n) is 26.4. The molecule has 1 aliphatic carbocycles. The first kappa shape index (κ1) is 71.0.